The number of aryl methyl sites for hydroxylation is 1. The van der Waals surface area contributed by atoms with E-state index in [9.17, 15) is 26.3 Å². The second kappa shape index (κ2) is 7.18. The molecule has 0 aromatic carbocycles. The minimum Gasteiger partial charge on any atom is -0.478 e. The molecule has 174 valence electrons. The van der Waals surface area contributed by atoms with E-state index in [4.69, 9.17) is 9.26 Å². The van der Waals surface area contributed by atoms with Gasteiger partial charge in [0, 0.05) is 11.8 Å². The maximum Gasteiger partial charge on any atom is 0.435 e. The summed E-state index contributed by atoms with van der Waals surface area (Å²) in [5.74, 6) is -0.250. The highest BCUT2D eigenvalue weighted by Gasteiger charge is 2.40. The molecule has 15 heteroatoms. The number of nitrogens with zero attached hydrogens (tertiary/aromatic N) is 7. The molecule has 1 aliphatic heterocycles. The smallest absolute Gasteiger partial charge is 0.435 e. The third-order valence-electron chi connectivity index (χ3n) is 5.07. The van der Waals surface area contributed by atoms with Crippen LogP contribution in [0.3, 0.4) is 0 Å². The molecule has 0 N–H and O–H groups in total. The maximum absolute atomic E-state index is 13.4. The lowest BCUT2D eigenvalue weighted by Crippen LogP contribution is -2.13. The molecular formula is C18H13F6N7O2. The summed E-state index contributed by atoms with van der Waals surface area (Å²) >= 11 is 0. The first kappa shape index (κ1) is 21.2. The molecule has 0 fully saturated rings. The van der Waals surface area contributed by atoms with Crippen LogP contribution in [-0.2, 0) is 25.3 Å². The van der Waals surface area contributed by atoms with Crippen molar-refractivity contribution in [1.29, 1.82) is 0 Å². The SMILES string of the molecule is Cc1nnc2c(-c3noc(Cn4nc(C(F)(F)F)c5c4OCCC5)n3)cc(C(F)(F)F)cn12. The van der Waals surface area contributed by atoms with Crippen LogP contribution in [0.2, 0.25) is 0 Å². The largest absolute Gasteiger partial charge is 0.478 e. The first-order chi connectivity index (χ1) is 15.5. The minimum absolute atomic E-state index is 0.0529. The van der Waals surface area contributed by atoms with Gasteiger partial charge in [-0.25, -0.2) is 4.68 Å². The summed E-state index contributed by atoms with van der Waals surface area (Å²) in [6.07, 6.45) is -7.93. The van der Waals surface area contributed by atoms with Gasteiger partial charge in [-0.3, -0.25) is 4.40 Å². The molecule has 0 saturated carbocycles. The number of rotatable bonds is 3. The summed E-state index contributed by atoms with van der Waals surface area (Å²) in [6, 6.07) is 0.804. The van der Waals surface area contributed by atoms with Gasteiger partial charge in [0.1, 0.15) is 12.4 Å². The Hall–Kier alpha value is -3.65. The molecule has 9 nitrogen and oxygen atoms in total. The van der Waals surface area contributed by atoms with Crippen LogP contribution in [0.4, 0.5) is 26.3 Å². The zero-order valence-electron chi connectivity index (χ0n) is 16.7. The van der Waals surface area contributed by atoms with E-state index in [2.05, 4.69) is 25.4 Å². The number of aromatic nitrogens is 7. The monoisotopic (exact) mass is 473 g/mol. The summed E-state index contributed by atoms with van der Waals surface area (Å²) in [5.41, 5.74) is -2.15. The Balaban J connectivity index is 1.54. The summed E-state index contributed by atoms with van der Waals surface area (Å²) in [6.45, 7) is 1.33. The van der Waals surface area contributed by atoms with Crippen molar-refractivity contribution in [2.24, 2.45) is 0 Å². The van der Waals surface area contributed by atoms with E-state index >= 15 is 0 Å². The van der Waals surface area contributed by atoms with Crippen molar-refractivity contribution >= 4 is 5.65 Å². The number of hydrogen-bond acceptors (Lipinski definition) is 7. The number of alkyl halides is 6. The fourth-order valence-corrected chi connectivity index (χ4v) is 3.60. The fourth-order valence-electron chi connectivity index (χ4n) is 3.60. The highest BCUT2D eigenvalue weighted by atomic mass is 19.4. The van der Waals surface area contributed by atoms with Crippen LogP contribution in [0.5, 0.6) is 5.88 Å². The highest BCUT2D eigenvalue weighted by Crippen LogP contribution is 2.38. The Morgan fingerprint density at radius 3 is 2.61 bits per heavy atom. The van der Waals surface area contributed by atoms with Gasteiger partial charge >= 0.3 is 12.4 Å². The van der Waals surface area contributed by atoms with Crippen molar-refractivity contribution < 1.29 is 35.6 Å². The normalized spacial score (nSPS) is 14.5. The van der Waals surface area contributed by atoms with Gasteiger partial charge in [-0.2, -0.15) is 36.4 Å². The highest BCUT2D eigenvalue weighted by molar-refractivity contribution is 5.73. The van der Waals surface area contributed by atoms with Gasteiger partial charge in [0.05, 0.1) is 17.7 Å². The van der Waals surface area contributed by atoms with Gasteiger partial charge in [-0.15, -0.1) is 10.2 Å². The molecule has 0 saturated heterocycles. The van der Waals surface area contributed by atoms with Gasteiger partial charge in [-0.05, 0) is 25.8 Å². The standard InChI is InChI=1S/C18H13F6N7O2/c1-8-26-27-15-11(5-9(6-30(8)15)17(19,20)21)14-25-12(33-29-14)7-31-16-10(3-2-4-32-16)13(28-31)18(22,23)24/h5-6H,2-4,7H2,1H3. The van der Waals surface area contributed by atoms with Gasteiger partial charge in [-0.1, -0.05) is 5.16 Å². The van der Waals surface area contributed by atoms with Crippen molar-refractivity contribution in [3.63, 3.8) is 0 Å². The van der Waals surface area contributed by atoms with Crippen molar-refractivity contribution in [2.45, 2.75) is 38.7 Å². The zero-order valence-corrected chi connectivity index (χ0v) is 16.7. The lowest BCUT2D eigenvalue weighted by atomic mass is 10.1. The first-order valence-electron chi connectivity index (χ1n) is 9.57. The quantitative estimate of drug-likeness (QED) is 0.419. The average molecular weight is 473 g/mol. The van der Waals surface area contributed by atoms with Crippen LogP contribution in [0.15, 0.2) is 16.8 Å². The third-order valence-corrected chi connectivity index (χ3v) is 5.07. The van der Waals surface area contributed by atoms with Crippen LogP contribution >= 0.6 is 0 Å². The molecule has 0 atom stereocenters. The van der Waals surface area contributed by atoms with Gasteiger partial charge in [0.25, 0.3) is 0 Å². The predicted octanol–water partition coefficient (Wildman–Crippen LogP) is 3.70. The zero-order chi connectivity index (χ0) is 23.5. The molecule has 4 aromatic heterocycles. The maximum atomic E-state index is 13.4. The topological polar surface area (TPSA) is 96.2 Å². The molecule has 0 radical (unpaired) electrons. The molecule has 0 spiro atoms. The molecule has 0 aliphatic carbocycles. The molecule has 0 amide bonds. The van der Waals surface area contributed by atoms with Crippen LogP contribution in [0, 0.1) is 6.92 Å². The van der Waals surface area contributed by atoms with E-state index in [0.29, 0.717) is 6.42 Å². The van der Waals surface area contributed by atoms with Gasteiger partial charge < -0.3 is 9.26 Å². The number of halogens is 6. The number of ether oxygens (including phenoxy) is 1. The Kier molecular flexibility index (Phi) is 4.61. The summed E-state index contributed by atoms with van der Waals surface area (Å²) in [7, 11) is 0. The number of fused-ring (bicyclic) bond motifs is 2. The van der Waals surface area contributed by atoms with Gasteiger partial charge in [0.2, 0.25) is 17.6 Å². The molecule has 5 heterocycles. The Morgan fingerprint density at radius 1 is 1.09 bits per heavy atom. The van der Waals surface area contributed by atoms with E-state index in [1.165, 1.54) is 6.92 Å². The van der Waals surface area contributed by atoms with Crippen LogP contribution < -0.4 is 4.74 Å². The number of pyridine rings is 1. The molecule has 4 aromatic rings. The first-order valence-corrected chi connectivity index (χ1v) is 9.57. The average Bonchev–Trinajstić information content (AvgIpc) is 3.45. The van der Waals surface area contributed by atoms with Crippen LogP contribution in [0.1, 0.15) is 35.0 Å². The van der Waals surface area contributed by atoms with E-state index in [0.717, 1.165) is 21.3 Å². The second-order valence-electron chi connectivity index (χ2n) is 7.33. The predicted molar refractivity (Wildman–Crippen MR) is 96.2 cm³/mol. The summed E-state index contributed by atoms with van der Waals surface area (Å²) < 4.78 is 92.7. The molecular weight excluding hydrogens is 460 g/mol. The lowest BCUT2D eigenvalue weighted by Gasteiger charge is -2.15. The Bertz CT molecular complexity index is 1350. The van der Waals surface area contributed by atoms with Crippen molar-refractivity contribution in [1.82, 2.24) is 34.5 Å². The van der Waals surface area contributed by atoms with Crippen molar-refractivity contribution in [3.05, 3.63) is 40.8 Å². The van der Waals surface area contributed by atoms with Gasteiger partial charge in [0.15, 0.2) is 11.3 Å². The van der Waals surface area contributed by atoms with E-state index in [1.807, 2.05) is 0 Å². The van der Waals surface area contributed by atoms with Crippen LogP contribution in [0.25, 0.3) is 17.0 Å². The lowest BCUT2D eigenvalue weighted by molar-refractivity contribution is -0.142. The molecule has 33 heavy (non-hydrogen) atoms. The fraction of sp³-hybridized carbons (Fsp3) is 0.389. The molecule has 5 rings (SSSR count). The van der Waals surface area contributed by atoms with Crippen molar-refractivity contribution in [3.8, 4) is 17.3 Å². The summed E-state index contributed by atoms with van der Waals surface area (Å²) in [5, 5.41) is 14.9. The van der Waals surface area contributed by atoms with E-state index in [1.54, 1.807) is 0 Å². The Morgan fingerprint density at radius 2 is 1.88 bits per heavy atom. The second-order valence-corrected chi connectivity index (χ2v) is 7.33. The summed E-state index contributed by atoms with van der Waals surface area (Å²) in [4.78, 5) is 4.05. The molecule has 0 bridgehead atoms. The third kappa shape index (κ3) is 3.66. The molecule has 0 unspecified atom stereocenters. The molecule has 1 aliphatic rings. The van der Waals surface area contributed by atoms with E-state index in [-0.39, 0.29) is 59.8 Å². The number of hydrogen-bond donors (Lipinski definition) is 0. The van der Waals surface area contributed by atoms with Crippen LogP contribution in [-0.4, -0.2) is 41.1 Å². The van der Waals surface area contributed by atoms with Crippen molar-refractivity contribution in [2.75, 3.05) is 6.61 Å². The Labute approximate surface area is 180 Å². The minimum atomic E-state index is -4.68. The van der Waals surface area contributed by atoms with E-state index < -0.39 is 23.6 Å².